The molecule has 2 N–H and O–H groups in total. The maximum Gasteiger partial charge on any atom is 0.276 e. The minimum absolute atomic E-state index is 0.168. The molecule has 0 aliphatic heterocycles. The third-order valence-corrected chi connectivity index (χ3v) is 3.56. The van der Waals surface area contributed by atoms with Gasteiger partial charge < -0.3 is 10.2 Å². The van der Waals surface area contributed by atoms with Gasteiger partial charge in [0.15, 0.2) is 0 Å². The fourth-order valence-corrected chi connectivity index (χ4v) is 2.48. The van der Waals surface area contributed by atoms with E-state index in [1.54, 1.807) is 0 Å². The van der Waals surface area contributed by atoms with E-state index < -0.39 is 0 Å². The van der Waals surface area contributed by atoms with Crippen LogP contribution in [0.25, 0.3) is 0 Å². The van der Waals surface area contributed by atoms with Crippen LogP contribution >= 0.6 is 11.8 Å². The molecule has 1 unspecified atom stereocenters. The van der Waals surface area contributed by atoms with E-state index in [2.05, 4.69) is 36.2 Å². The standard InChI is InChI=1S/C14H19N3OS/c1-10(2)8-12(15)13-16-17-14(18-13)19-9-11-6-4-3-5-7-11/h3-7,10,12H,8-9,15H2,1-2H3. The topological polar surface area (TPSA) is 64.9 Å². The van der Waals surface area contributed by atoms with E-state index in [9.17, 15) is 0 Å². The fraction of sp³-hybridized carbons (Fsp3) is 0.429. The molecule has 102 valence electrons. The van der Waals surface area contributed by atoms with Crippen molar-refractivity contribution in [1.82, 2.24) is 10.2 Å². The van der Waals surface area contributed by atoms with Crippen LogP contribution in [0.5, 0.6) is 0 Å². The molecule has 19 heavy (non-hydrogen) atoms. The molecule has 5 heteroatoms. The first-order valence-corrected chi connectivity index (χ1v) is 7.39. The normalized spacial score (nSPS) is 12.8. The lowest BCUT2D eigenvalue weighted by Crippen LogP contribution is -2.13. The summed E-state index contributed by atoms with van der Waals surface area (Å²) in [5.41, 5.74) is 7.25. The summed E-state index contributed by atoms with van der Waals surface area (Å²) in [5.74, 6) is 1.87. The van der Waals surface area contributed by atoms with E-state index in [4.69, 9.17) is 10.2 Å². The second kappa shape index (κ2) is 6.73. The maximum atomic E-state index is 6.01. The number of hydrogen-bond donors (Lipinski definition) is 1. The summed E-state index contributed by atoms with van der Waals surface area (Å²) in [6.45, 7) is 4.25. The molecule has 0 amide bonds. The molecular formula is C14H19N3OS. The Kier molecular flexibility index (Phi) is 4.99. The predicted molar refractivity (Wildman–Crippen MR) is 76.7 cm³/mol. The van der Waals surface area contributed by atoms with Crippen LogP contribution < -0.4 is 5.73 Å². The molecule has 1 aromatic heterocycles. The monoisotopic (exact) mass is 277 g/mol. The van der Waals surface area contributed by atoms with E-state index in [1.807, 2.05) is 18.2 Å². The number of nitrogens with two attached hydrogens (primary N) is 1. The lowest BCUT2D eigenvalue weighted by Gasteiger charge is -2.08. The molecule has 1 heterocycles. The van der Waals surface area contributed by atoms with E-state index >= 15 is 0 Å². The Morgan fingerprint density at radius 2 is 1.95 bits per heavy atom. The minimum atomic E-state index is -0.168. The molecule has 1 atom stereocenters. The van der Waals surface area contributed by atoms with Crippen molar-refractivity contribution < 1.29 is 4.42 Å². The van der Waals surface area contributed by atoms with Crippen LogP contribution in [0.1, 0.15) is 37.8 Å². The third kappa shape index (κ3) is 4.36. The van der Waals surface area contributed by atoms with Crippen LogP contribution in [-0.4, -0.2) is 10.2 Å². The average molecular weight is 277 g/mol. The lowest BCUT2D eigenvalue weighted by molar-refractivity contribution is 0.361. The Bertz CT molecular complexity index is 498. The zero-order chi connectivity index (χ0) is 13.7. The van der Waals surface area contributed by atoms with Gasteiger partial charge in [0.2, 0.25) is 5.89 Å². The number of hydrogen-bond acceptors (Lipinski definition) is 5. The van der Waals surface area contributed by atoms with E-state index in [0.29, 0.717) is 17.0 Å². The van der Waals surface area contributed by atoms with Gasteiger partial charge in [-0.3, -0.25) is 0 Å². The highest BCUT2D eigenvalue weighted by molar-refractivity contribution is 7.98. The number of benzene rings is 1. The molecule has 0 spiro atoms. The molecule has 1 aromatic carbocycles. The Morgan fingerprint density at radius 1 is 1.21 bits per heavy atom. The van der Waals surface area contributed by atoms with Gasteiger partial charge in [0.1, 0.15) is 0 Å². The van der Waals surface area contributed by atoms with Gasteiger partial charge in [0.05, 0.1) is 6.04 Å². The molecule has 0 bridgehead atoms. The van der Waals surface area contributed by atoms with Gasteiger partial charge in [0, 0.05) is 5.75 Å². The molecule has 2 aromatic rings. The molecular weight excluding hydrogens is 258 g/mol. The first kappa shape index (κ1) is 14.1. The van der Waals surface area contributed by atoms with Crippen molar-refractivity contribution in [3.8, 4) is 0 Å². The van der Waals surface area contributed by atoms with Crippen molar-refractivity contribution in [2.75, 3.05) is 0 Å². The van der Waals surface area contributed by atoms with Crippen molar-refractivity contribution >= 4 is 11.8 Å². The van der Waals surface area contributed by atoms with Crippen LogP contribution in [0.4, 0.5) is 0 Å². The van der Waals surface area contributed by atoms with Crippen molar-refractivity contribution in [3.05, 3.63) is 41.8 Å². The summed E-state index contributed by atoms with van der Waals surface area (Å²) in [5, 5.41) is 8.63. The highest BCUT2D eigenvalue weighted by atomic mass is 32.2. The SMILES string of the molecule is CC(C)CC(N)c1nnc(SCc2ccccc2)o1. The number of aromatic nitrogens is 2. The van der Waals surface area contributed by atoms with Gasteiger partial charge in [-0.15, -0.1) is 10.2 Å². The molecule has 0 aliphatic carbocycles. The summed E-state index contributed by atoms with van der Waals surface area (Å²) in [4.78, 5) is 0. The highest BCUT2D eigenvalue weighted by Crippen LogP contribution is 2.24. The van der Waals surface area contributed by atoms with Crippen LogP contribution in [0.2, 0.25) is 0 Å². The average Bonchev–Trinajstić information content (AvgIpc) is 2.86. The second-order valence-electron chi connectivity index (χ2n) is 4.92. The highest BCUT2D eigenvalue weighted by Gasteiger charge is 2.15. The number of rotatable bonds is 6. The van der Waals surface area contributed by atoms with Gasteiger partial charge in [-0.25, -0.2) is 0 Å². The zero-order valence-electron chi connectivity index (χ0n) is 11.2. The molecule has 0 fully saturated rings. The largest absolute Gasteiger partial charge is 0.414 e. The molecule has 0 aliphatic rings. The van der Waals surface area contributed by atoms with E-state index in [-0.39, 0.29) is 6.04 Å². The third-order valence-electron chi connectivity index (χ3n) is 2.67. The Labute approximate surface area is 117 Å². The molecule has 4 nitrogen and oxygen atoms in total. The fourth-order valence-electron chi connectivity index (χ4n) is 1.76. The van der Waals surface area contributed by atoms with Crippen LogP contribution in [0.3, 0.4) is 0 Å². The van der Waals surface area contributed by atoms with E-state index in [1.165, 1.54) is 17.3 Å². The van der Waals surface area contributed by atoms with Crippen LogP contribution in [0, 0.1) is 5.92 Å². The second-order valence-corrected chi connectivity index (χ2v) is 5.84. The summed E-state index contributed by atoms with van der Waals surface area (Å²) < 4.78 is 5.58. The molecule has 0 radical (unpaired) electrons. The Morgan fingerprint density at radius 3 is 2.63 bits per heavy atom. The number of thioether (sulfide) groups is 1. The summed E-state index contributed by atoms with van der Waals surface area (Å²) in [6.07, 6.45) is 0.852. The Hall–Kier alpha value is -1.33. The maximum absolute atomic E-state index is 6.01. The summed E-state index contributed by atoms with van der Waals surface area (Å²) in [6, 6.07) is 10.0. The summed E-state index contributed by atoms with van der Waals surface area (Å²) in [7, 11) is 0. The van der Waals surface area contributed by atoms with Crippen molar-refractivity contribution in [2.24, 2.45) is 11.7 Å². The van der Waals surface area contributed by atoms with Gasteiger partial charge in [-0.1, -0.05) is 55.9 Å². The van der Waals surface area contributed by atoms with Gasteiger partial charge >= 0.3 is 0 Å². The zero-order valence-corrected chi connectivity index (χ0v) is 12.1. The minimum Gasteiger partial charge on any atom is -0.414 e. The van der Waals surface area contributed by atoms with E-state index in [0.717, 1.165) is 12.2 Å². The quantitative estimate of drug-likeness (QED) is 0.820. The first-order chi connectivity index (χ1) is 9.15. The first-order valence-electron chi connectivity index (χ1n) is 6.41. The van der Waals surface area contributed by atoms with Gasteiger partial charge in [0.25, 0.3) is 5.22 Å². The number of nitrogens with zero attached hydrogens (tertiary/aromatic N) is 2. The lowest BCUT2D eigenvalue weighted by atomic mass is 10.1. The Balaban J connectivity index is 1.90. The molecule has 2 rings (SSSR count). The van der Waals surface area contributed by atoms with Gasteiger partial charge in [-0.2, -0.15) is 0 Å². The van der Waals surface area contributed by atoms with Crippen molar-refractivity contribution in [3.63, 3.8) is 0 Å². The van der Waals surface area contributed by atoms with Crippen molar-refractivity contribution in [1.29, 1.82) is 0 Å². The van der Waals surface area contributed by atoms with Gasteiger partial charge in [-0.05, 0) is 17.9 Å². The predicted octanol–water partition coefficient (Wildman–Crippen LogP) is 3.41. The van der Waals surface area contributed by atoms with Crippen LogP contribution in [-0.2, 0) is 5.75 Å². The molecule has 0 saturated carbocycles. The van der Waals surface area contributed by atoms with Crippen LogP contribution in [0.15, 0.2) is 40.0 Å². The van der Waals surface area contributed by atoms with Crippen molar-refractivity contribution in [2.45, 2.75) is 37.3 Å². The molecule has 0 saturated heterocycles. The summed E-state index contributed by atoms with van der Waals surface area (Å²) >= 11 is 1.53. The smallest absolute Gasteiger partial charge is 0.276 e.